The predicted octanol–water partition coefficient (Wildman–Crippen LogP) is 3.76. The van der Waals surface area contributed by atoms with Gasteiger partial charge in [-0.2, -0.15) is 4.31 Å². The van der Waals surface area contributed by atoms with Crippen LogP contribution in [0.2, 0.25) is 0 Å². The molecule has 1 atom stereocenters. The van der Waals surface area contributed by atoms with Crippen molar-refractivity contribution in [1.82, 2.24) is 4.31 Å². The molecule has 1 amide bonds. The molecule has 1 unspecified atom stereocenters. The van der Waals surface area contributed by atoms with Gasteiger partial charge in [0, 0.05) is 13.1 Å². The third-order valence-corrected chi connectivity index (χ3v) is 8.03. The predicted molar refractivity (Wildman–Crippen MR) is 123 cm³/mol. The fourth-order valence-corrected chi connectivity index (χ4v) is 5.86. The van der Waals surface area contributed by atoms with Crippen LogP contribution in [0.25, 0.3) is 0 Å². The van der Waals surface area contributed by atoms with Gasteiger partial charge in [0.25, 0.3) is 5.91 Å². The highest BCUT2D eigenvalue weighted by Crippen LogP contribution is 2.31. The number of hydrogen-bond donors (Lipinski definition) is 1. The molecule has 0 saturated carbocycles. The van der Waals surface area contributed by atoms with Gasteiger partial charge in [-0.1, -0.05) is 12.5 Å². The second-order valence-corrected chi connectivity index (χ2v) is 10.3. The number of carbonyl (C=O) groups is 1. The van der Waals surface area contributed by atoms with E-state index in [0.717, 1.165) is 38.5 Å². The minimum absolute atomic E-state index is 0.141. The monoisotopic (exact) mass is 458 g/mol. The van der Waals surface area contributed by atoms with Crippen molar-refractivity contribution >= 4 is 21.6 Å². The second-order valence-electron chi connectivity index (χ2n) is 8.36. The summed E-state index contributed by atoms with van der Waals surface area (Å²) >= 11 is 0. The van der Waals surface area contributed by atoms with E-state index >= 15 is 0 Å². The van der Waals surface area contributed by atoms with Crippen molar-refractivity contribution in [1.29, 1.82) is 0 Å². The molecule has 0 bridgehead atoms. The smallest absolute Gasteiger partial charge is 0.265 e. The van der Waals surface area contributed by atoms with E-state index in [0.29, 0.717) is 30.3 Å². The number of anilines is 1. The van der Waals surface area contributed by atoms with Gasteiger partial charge in [0.15, 0.2) is 6.10 Å². The summed E-state index contributed by atoms with van der Waals surface area (Å²) in [6.07, 6.45) is 5.25. The zero-order valence-electron chi connectivity index (χ0n) is 18.6. The Balaban J connectivity index is 1.49. The maximum Gasteiger partial charge on any atom is 0.265 e. The lowest BCUT2D eigenvalue weighted by Crippen LogP contribution is -2.35. The number of nitrogens with one attached hydrogen (secondary N) is 1. The Bertz CT molecular complexity index is 1090. The molecule has 7 nitrogen and oxygen atoms in total. The van der Waals surface area contributed by atoms with E-state index in [4.69, 9.17) is 9.47 Å². The summed E-state index contributed by atoms with van der Waals surface area (Å²) in [7, 11) is -2.14. The summed E-state index contributed by atoms with van der Waals surface area (Å²) in [5, 5.41) is 2.78. The number of amides is 1. The average Bonchev–Trinajstić information content (AvgIpc) is 3.27. The molecule has 0 radical (unpaired) electrons. The first-order valence-electron chi connectivity index (χ1n) is 11.2. The number of rotatable bonds is 7. The number of nitrogens with zero attached hydrogens (tertiary/aromatic N) is 1. The molecular weight excluding hydrogens is 428 g/mol. The number of benzene rings is 2. The van der Waals surface area contributed by atoms with Crippen LogP contribution < -0.4 is 14.8 Å². The number of methoxy groups -OCH3 is 1. The molecule has 1 aliphatic heterocycles. The van der Waals surface area contributed by atoms with Crippen molar-refractivity contribution in [3.05, 3.63) is 47.5 Å². The highest BCUT2D eigenvalue weighted by Gasteiger charge is 2.27. The molecule has 172 valence electrons. The van der Waals surface area contributed by atoms with Gasteiger partial charge in [-0.3, -0.25) is 4.79 Å². The van der Waals surface area contributed by atoms with E-state index in [9.17, 15) is 13.2 Å². The summed E-state index contributed by atoms with van der Waals surface area (Å²) in [5.74, 6) is 0.665. The molecule has 8 heteroatoms. The van der Waals surface area contributed by atoms with Gasteiger partial charge in [0.2, 0.25) is 10.0 Å². The van der Waals surface area contributed by atoms with E-state index in [-0.39, 0.29) is 10.8 Å². The first kappa shape index (κ1) is 22.6. The standard InChI is InChI=1S/C24H30N2O5S/c1-17(31-20-10-9-18-7-6-8-19(18)15-20)24(27)25-22-16-21(11-12-23(22)30-2)32(28,29)26-13-4-3-5-14-26/h9-12,15-17H,3-8,13-14H2,1-2H3,(H,25,27). The normalized spacial score (nSPS) is 17.4. The van der Waals surface area contributed by atoms with Crippen molar-refractivity contribution in [2.75, 3.05) is 25.5 Å². The number of ether oxygens (including phenoxy) is 2. The van der Waals surface area contributed by atoms with Crippen LogP contribution in [0, 0.1) is 0 Å². The summed E-state index contributed by atoms with van der Waals surface area (Å²) in [5.41, 5.74) is 2.92. The molecule has 1 saturated heterocycles. The van der Waals surface area contributed by atoms with Crippen LogP contribution in [0.1, 0.15) is 43.7 Å². The Hall–Kier alpha value is -2.58. The average molecular weight is 459 g/mol. The Kier molecular flexibility index (Phi) is 6.71. The van der Waals surface area contributed by atoms with Crippen LogP contribution >= 0.6 is 0 Å². The van der Waals surface area contributed by atoms with Crippen molar-refractivity contribution in [2.45, 2.75) is 56.4 Å². The van der Waals surface area contributed by atoms with Gasteiger partial charge in [-0.05, 0) is 80.5 Å². The molecule has 2 aromatic rings. The third-order valence-electron chi connectivity index (χ3n) is 6.13. The maximum absolute atomic E-state index is 13.0. The van der Waals surface area contributed by atoms with Crippen molar-refractivity contribution < 1.29 is 22.7 Å². The maximum atomic E-state index is 13.0. The summed E-state index contributed by atoms with van der Waals surface area (Å²) < 4.78 is 38.8. The van der Waals surface area contributed by atoms with Crippen LogP contribution in [-0.4, -0.2) is 44.9 Å². The quantitative estimate of drug-likeness (QED) is 0.683. The van der Waals surface area contributed by atoms with Crippen LogP contribution in [0.5, 0.6) is 11.5 Å². The number of hydrogen-bond acceptors (Lipinski definition) is 5. The van der Waals surface area contributed by atoms with Gasteiger partial charge in [0.1, 0.15) is 11.5 Å². The fourth-order valence-electron chi connectivity index (χ4n) is 4.31. The first-order valence-corrected chi connectivity index (χ1v) is 12.6. The Morgan fingerprint density at radius 3 is 2.50 bits per heavy atom. The Morgan fingerprint density at radius 2 is 1.75 bits per heavy atom. The molecule has 0 aromatic heterocycles. The molecule has 32 heavy (non-hydrogen) atoms. The van der Waals surface area contributed by atoms with Gasteiger partial charge < -0.3 is 14.8 Å². The molecule has 4 rings (SSSR count). The van der Waals surface area contributed by atoms with E-state index < -0.39 is 16.1 Å². The number of fused-ring (bicyclic) bond motifs is 1. The summed E-state index contributed by atoms with van der Waals surface area (Å²) in [6.45, 7) is 2.70. The van der Waals surface area contributed by atoms with Crippen LogP contribution in [-0.2, 0) is 27.7 Å². The molecule has 2 aliphatic rings. The lowest BCUT2D eigenvalue weighted by molar-refractivity contribution is -0.122. The number of carbonyl (C=O) groups excluding carboxylic acids is 1. The molecule has 2 aromatic carbocycles. The van der Waals surface area contributed by atoms with Gasteiger partial charge in [-0.25, -0.2) is 8.42 Å². The van der Waals surface area contributed by atoms with Crippen molar-refractivity contribution in [3.63, 3.8) is 0 Å². The van der Waals surface area contributed by atoms with Crippen molar-refractivity contribution in [3.8, 4) is 11.5 Å². The summed E-state index contributed by atoms with van der Waals surface area (Å²) in [6, 6.07) is 10.5. The van der Waals surface area contributed by atoms with Crippen LogP contribution in [0.4, 0.5) is 5.69 Å². The topological polar surface area (TPSA) is 84.9 Å². The van der Waals surface area contributed by atoms with Gasteiger partial charge in [-0.15, -0.1) is 0 Å². The number of sulfonamides is 1. The minimum Gasteiger partial charge on any atom is -0.495 e. The molecule has 1 N–H and O–H groups in total. The molecule has 1 heterocycles. The zero-order chi connectivity index (χ0) is 22.7. The van der Waals surface area contributed by atoms with E-state index in [2.05, 4.69) is 11.4 Å². The van der Waals surface area contributed by atoms with E-state index in [1.54, 1.807) is 13.0 Å². The molecular formula is C24H30N2O5S. The van der Waals surface area contributed by atoms with Crippen LogP contribution in [0.15, 0.2) is 41.3 Å². The number of aryl methyl sites for hydroxylation is 2. The molecule has 1 fully saturated rings. The molecule has 1 aliphatic carbocycles. The SMILES string of the molecule is COc1ccc(S(=O)(=O)N2CCCCC2)cc1NC(=O)C(C)Oc1ccc2c(c1)CCC2. The van der Waals surface area contributed by atoms with Crippen molar-refractivity contribution in [2.24, 2.45) is 0 Å². The second kappa shape index (κ2) is 9.50. The molecule has 0 spiro atoms. The Labute approximate surface area is 189 Å². The van der Waals surface area contributed by atoms with Crippen LogP contribution in [0.3, 0.4) is 0 Å². The summed E-state index contributed by atoms with van der Waals surface area (Å²) in [4.78, 5) is 13.0. The van der Waals surface area contributed by atoms with E-state index in [1.807, 2.05) is 12.1 Å². The Morgan fingerprint density at radius 1 is 1.00 bits per heavy atom. The largest absolute Gasteiger partial charge is 0.495 e. The zero-order valence-corrected chi connectivity index (χ0v) is 19.4. The fraction of sp³-hybridized carbons (Fsp3) is 0.458. The third kappa shape index (κ3) is 4.76. The highest BCUT2D eigenvalue weighted by atomic mass is 32.2. The highest BCUT2D eigenvalue weighted by molar-refractivity contribution is 7.89. The lowest BCUT2D eigenvalue weighted by atomic mass is 10.1. The van der Waals surface area contributed by atoms with Gasteiger partial charge in [0.05, 0.1) is 17.7 Å². The van der Waals surface area contributed by atoms with E-state index in [1.165, 1.54) is 34.7 Å². The minimum atomic E-state index is -3.62. The van der Waals surface area contributed by atoms with Gasteiger partial charge >= 0.3 is 0 Å². The lowest BCUT2D eigenvalue weighted by Gasteiger charge is -2.26. The number of piperidine rings is 1. The first-order chi connectivity index (χ1) is 15.4.